The van der Waals surface area contributed by atoms with E-state index in [1.54, 1.807) is 11.6 Å². The van der Waals surface area contributed by atoms with Crippen LogP contribution in [0.5, 0.6) is 0 Å². The number of aromatic nitrogens is 1. The van der Waals surface area contributed by atoms with Gasteiger partial charge >= 0.3 is 12.6 Å². The molecule has 2 aliphatic rings. The van der Waals surface area contributed by atoms with Crippen molar-refractivity contribution in [2.75, 3.05) is 6.61 Å². The number of nitrogens with zero attached hydrogens (tertiary/aromatic N) is 3. The molecule has 37 heavy (non-hydrogen) atoms. The van der Waals surface area contributed by atoms with Crippen molar-refractivity contribution in [1.82, 2.24) is 15.6 Å². The van der Waals surface area contributed by atoms with Crippen molar-refractivity contribution in [3.05, 3.63) is 74.2 Å². The van der Waals surface area contributed by atoms with Crippen LogP contribution in [-0.4, -0.2) is 53.0 Å². The lowest BCUT2D eigenvalue weighted by Crippen LogP contribution is -2.54. The van der Waals surface area contributed by atoms with Gasteiger partial charge in [0.25, 0.3) is 0 Å². The summed E-state index contributed by atoms with van der Waals surface area (Å²) < 4.78 is 44.2. The predicted octanol–water partition coefficient (Wildman–Crippen LogP) is 3.67. The highest BCUT2D eigenvalue weighted by atomic mass is 35.5. The number of rotatable bonds is 8. The number of alkyl carbamates (subject to hydrolysis) is 1. The molecule has 1 aromatic heterocycles. The Morgan fingerprint density at radius 1 is 1.49 bits per heavy atom. The van der Waals surface area contributed by atoms with Crippen molar-refractivity contribution in [2.45, 2.75) is 37.6 Å². The van der Waals surface area contributed by atoms with E-state index >= 15 is 0 Å². The second-order valence-corrected chi connectivity index (χ2v) is 9.61. The number of amidine groups is 1. The molecule has 14 heteroatoms. The molecule has 0 aliphatic carbocycles. The first kappa shape index (κ1) is 26.6. The standard InChI is InChI=1S/C23H22ClF3N6O3S/c1-11(34)23(10-36-22(35)33-23)9-16-17(15(28)4-5-30-21(26)27)18(13-3-2-12(25)8-14(13)24)32-19(31-16)20-29-6-7-37-20/h2-8,11,18,21,34H,9-10,28H2,1H3,(H,31,32)(H,33,35)/t11?,18-,23-/m0/s1. The molecule has 0 radical (unpaired) electrons. The van der Waals surface area contributed by atoms with Gasteiger partial charge in [-0.3, -0.25) is 4.99 Å². The highest BCUT2D eigenvalue weighted by molar-refractivity contribution is 7.11. The van der Waals surface area contributed by atoms with E-state index in [-0.39, 0.29) is 23.7 Å². The van der Waals surface area contributed by atoms with Gasteiger partial charge in [0.15, 0.2) is 10.8 Å². The number of nitrogens with one attached hydrogen (secondary N) is 2. The van der Waals surface area contributed by atoms with Crippen LogP contribution < -0.4 is 16.4 Å². The number of halogens is 4. The van der Waals surface area contributed by atoms with Crippen LogP contribution >= 0.6 is 22.9 Å². The van der Waals surface area contributed by atoms with Gasteiger partial charge in [0, 0.05) is 51.8 Å². The normalized spacial score (nSPS) is 23.2. The molecule has 1 aromatic carbocycles. The van der Waals surface area contributed by atoms with Crippen molar-refractivity contribution in [3.8, 4) is 0 Å². The summed E-state index contributed by atoms with van der Waals surface area (Å²) in [5.41, 5.74) is 6.19. The van der Waals surface area contributed by atoms with E-state index in [0.29, 0.717) is 27.7 Å². The van der Waals surface area contributed by atoms with E-state index in [9.17, 15) is 23.1 Å². The minimum Gasteiger partial charge on any atom is -0.447 e. The number of aliphatic imine (C=N–C) groups is 2. The molecule has 3 heterocycles. The third-order valence-corrected chi connectivity index (χ3v) is 6.99. The smallest absolute Gasteiger partial charge is 0.407 e. The molecule has 0 bridgehead atoms. The number of allylic oxidation sites excluding steroid dienone is 1. The molecule has 3 atom stereocenters. The van der Waals surface area contributed by atoms with Gasteiger partial charge in [-0.2, -0.15) is 8.78 Å². The van der Waals surface area contributed by atoms with E-state index in [2.05, 4.69) is 20.6 Å². The lowest BCUT2D eigenvalue weighted by atomic mass is 9.84. The molecule has 0 saturated carbocycles. The molecule has 2 aromatic rings. The Morgan fingerprint density at radius 3 is 2.86 bits per heavy atom. The quantitative estimate of drug-likeness (QED) is 0.291. The molecule has 1 amide bonds. The average molecular weight is 555 g/mol. The number of hydrogen-bond donors (Lipinski definition) is 4. The third kappa shape index (κ3) is 5.78. The van der Waals surface area contributed by atoms with Crippen LogP contribution in [0.4, 0.5) is 18.0 Å². The Bertz CT molecular complexity index is 1300. The van der Waals surface area contributed by atoms with Crippen LogP contribution in [0.15, 0.2) is 62.8 Å². The topological polar surface area (TPSA) is 134 Å². The summed E-state index contributed by atoms with van der Waals surface area (Å²) in [5, 5.41) is 18.7. The third-order valence-electron chi connectivity index (χ3n) is 5.89. The van der Waals surface area contributed by atoms with E-state index in [1.165, 1.54) is 36.5 Å². The van der Waals surface area contributed by atoms with Gasteiger partial charge in [0.1, 0.15) is 24.0 Å². The van der Waals surface area contributed by atoms with Crippen LogP contribution in [0.2, 0.25) is 5.02 Å². The highest BCUT2D eigenvalue weighted by Gasteiger charge is 2.46. The van der Waals surface area contributed by atoms with E-state index < -0.39 is 36.1 Å². The summed E-state index contributed by atoms with van der Waals surface area (Å²) in [7, 11) is 0. The number of carbonyl (C=O) groups is 1. The maximum Gasteiger partial charge on any atom is 0.407 e. The molecular formula is C23H22ClF3N6O3S. The maximum absolute atomic E-state index is 13.9. The zero-order chi connectivity index (χ0) is 26.7. The van der Waals surface area contributed by atoms with Crippen LogP contribution in [-0.2, 0) is 4.74 Å². The van der Waals surface area contributed by atoms with Crippen LogP contribution in [0.3, 0.4) is 0 Å². The fourth-order valence-corrected chi connectivity index (χ4v) is 4.86. The number of ether oxygens (including phenoxy) is 1. The first-order valence-corrected chi connectivity index (χ1v) is 12.2. The van der Waals surface area contributed by atoms with Crippen LogP contribution in [0, 0.1) is 5.82 Å². The molecule has 1 unspecified atom stereocenters. The highest BCUT2D eigenvalue weighted by Crippen LogP contribution is 2.40. The number of aliphatic hydroxyl groups is 1. The summed E-state index contributed by atoms with van der Waals surface area (Å²) >= 11 is 7.69. The lowest BCUT2D eigenvalue weighted by molar-refractivity contribution is 0.0745. The minimum atomic E-state index is -2.94. The number of alkyl halides is 2. The van der Waals surface area contributed by atoms with Gasteiger partial charge in [-0.15, -0.1) is 11.3 Å². The van der Waals surface area contributed by atoms with Gasteiger partial charge in [-0.05, 0) is 25.1 Å². The number of amides is 1. The zero-order valence-electron chi connectivity index (χ0n) is 19.3. The first-order valence-electron chi connectivity index (χ1n) is 10.9. The molecule has 4 rings (SSSR count). The van der Waals surface area contributed by atoms with Gasteiger partial charge in [0.05, 0.1) is 6.10 Å². The second kappa shape index (κ2) is 10.9. The number of benzene rings is 1. The molecule has 1 fully saturated rings. The molecular weight excluding hydrogens is 533 g/mol. The number of aliphatic hydroxyl groups excluding tert-OH is 1. The number of hydrogen-bond acceptors (Lipinski definition) is 9. The largest absolute Gasteiger partial charge is 0.447 e. The van der Waals surface area contributed by atoms with Crippen molar-refractivity contribution < 1.29 is 27.8 Å². The van der Waals surface area contributed by atoms with Crippen molar-refractivity contribution >= 4 is 41.1 Å². The van der Waals surface area contributed by atoms with E-state index in [1.807, 2.05) is 0 Å². The average Bonchev–Trinajstić information content (AvgIpc) is 3.49. The Hall–Kier alpha value is -3.42. The zero-order valence-corrected chi connectivity index (χ0v) is 20.9. The number of cyclic esters (lactones) is 1. The second-order valence-electron chi connectivity index (χ2n) is 8.31. The number of carbonyl (C=O) groups excluding carboxylic acids is 1. The summed E-state index contributed by atoms with van der Waals surface area (Å²) in [5.74, 6) is -0.233. The fraction of sp³-hybridized carbons (Fsp3) is 0.304. The predicted molar refractivity (Wildman–Crippen MR) is 133 cm³/mol. The molecule has 5 N–H and O–H groups in total. The molecule has 196 valence electrons. The Morgan fingerprint density at radius 2 is 2.27 bits per heavy atom. The van der Waals surface area contributed by atoms with Crippen molar-refractivity contribution in [2.24, 2.45) is 15.7 Å². The first-order chi connectivity index (χ1) is 17.6. The summed E-state index contributed by atoms with van der Waals surface area (Å²) in [4.78, 5) is 24.0. The Labute approximate surface area is 218 Å². The van der Waals surface area contributed by atoms with Crippen LogP contribution in [0.25, 0.3) is 0 Å². The van der Waals surface area contributed by atoms with Crippen molar-refractivity contribution in [3.63, 3.8) is 0 Å². The maximum atomic E-state index is 13.9. The minimum absolute atomic E-state index is 0.00483. The number of thiazole rings is 1. The van der Waals surface area contributed by atoms with Gasteiger partial charge in [-0.25, -0.2) is 19.2 Å². The number of nitrogens with two attached hydrogens (primary N) is 1. The van der Waals surface area contributed by atoms with E-state index in [4.69, 9.17) is 27.1 Å². The molecule has 0 spiro atoms. The van der Waals surface area contributed by atoms with Gasteiger partial charge < -0.3 is 26.2 Å². The van der Waals surface area contributed by atoms with Crippen LogP contribution in [0.1, 0.15) is 30.0 Å². The Kier molecular flexibility index (Phi) is 7.85. The molecule has 9 nitrogen and oxygen atoms in total. The van der Waals surface area contributed by atoms with Crippen molar-refractivity contribution in [1.29, 1.82) is 0 Å². The fourth-order valence-electron chi connectivity index (χ4n) is 4.00. The van der Waals surface area contributed by atoms with Gasteiger partial charge in [0.2, 0.25) is 0 Å². The molecule has 2 aliphatic heterocycles. The molecule has 1 saturated heterocycles. The monoisotopic (exact) mass is 554 g/mol. The summed E-state index contributed by atoms with van der Waals surface area (Å²) in [6.07, 6.45) is 1.83. The van der Waals surface area contributed by atoms with E-state index in [0.717, 1.165) is 12.3 Å². The summed E-state index contributed by atoms with van der Waals surface area (Å²) in [6, 6.07) is 2.85. The van der Waals surface area contributed by atoms with Gasteiger partial charge in [-0.1, -0.05) is 17.7 Å². The lowest BCUT2D eigenvalue weighted by Gasteiger charge is -2.35. The summed E-state index contributed by atoms with van der Waals surface area (Å²) in [6.45, 7) is -1.59. The SMILES string of the molecule is CC(O)[C@]1(CC2=C(C(N)=CC=NC(F)F)[C@H](c3ccc(F)cc3Cl)N=C(c3nccs3)N2)COC(=O)N1. The Balaban J connectivity index is 1.91.